The van der Waals surface area contributed by atoms with E-state index >= 15 is 0 Å². The SMILES string of the molecule is COC(=O)C(CSCNC(C)=C1CCC1)NC(=O)OCC1c2ccccc2-c2ccccc21. The highest BCUT2D eigenvalue weighted by Crippen LogP contribution is 2.44. The van der Waals surface area contributed by atoms with Gasteiger partial charge in [-0.25, -0.2) is 9.59 Å². The zero-order valence-electron chi connectivity index (χ0n) is 19.1. The number of hydrogen-bond donors (Lipinski definition) is 2. The van der Waals surface area contributed by atoms with Crippen molar-refractivity contribution >= 4 is 23.8 Å². The first-order chi connectivity index (χ1) is 16.1. The summed E-state index contributed by atoms with van der Waals surface area (Å²) in [5, 5.41) is 6.05. The smallest absolute Gasteiger partial charge is 0.407 e. The topological polar surface area (TPSA) is 76.7 Å². The van der Waals surface area contributed by atoms with Gasteiger partial charge < -0.3 is 20.1 Å². The summed E-state index contributed by atoms with van der Waals surface area (Å²) in [7, 11) is 1.32. The molecule has 0 heterocycles. The van der Waals surface area contributed by atoms with Crippen LogP contribution in [-0.2, 0) is 14.3 Å². The maximum absolute atomic E-state index is 12.6. The number of rotatable bonds is 9. The van der Waals surface area contributed by atoms with Gasteiger partial charge in [0, 0.05) is 17.4 Å². The third-order valence-corrected chi connectivity index (χ3v) is 7.25. The van der Waals surface area contributed by atoms with E-state index in [1.54, 1.807) is 0 Å². The third kappa shape index (κ3) is 5.36. The second-order valence-electron chi connectivity index (χ2n) is 8.32. The lowest BCUT2D eigenvalue weighted by Gasteiger charge is -2.21. The lowest BCUT2D eigenvalue weighted by Crippen LogP contribution is -2.44. The Bertz CT molecular complexity index is 1000. The van der Waals surface area contributed by atoms with Crippen LogP contribution in [0.1, 0.15) is 43.2 Å². The Morgan fingerprint density at radius 2 is 1.70 bits per heavy atom. The predicted octanol–water partition coefficient (Wildman–Crippen LogP) is 4.80. The third-order valence-electron chi connectivity index (χ3n) is 6.33. The molecule has 0 aromatic heterocycles. The fourth-order valence-corrected chi connectivity index (χ4v) is 5.17. The van der Waals surface area contributed by atoms with Crippen molar-refractivity contribution in [2.24, 2.45) is 0 Å². The zero-order valence-corrected chi connectivity index (χ0v) is 19.9. The summed E-state index contributed by atoms with van der Waals surface area (Å²) in [6, 6.07) is 15.6. The van der Waals surface area contributed by atoms with Crippen molar-refractivity contribution in [2.75, 3.05) is 25.3 Å². The van der Waals surface area contributed by atoms with E-state index in [0.717, 1.165) is 24.0 Å². The van der Waals surface area contributed by atoms with Gasteiger partial charge in [0.05, 0.1) is 13.0 Å². The lowest BCUT2D eigenvalue weighted by molar-refractivity contribution is -0.142. The molecule has 1 fully saturated rings. The average Bonchev–Trinajstić information content (AvgIpc) is 3.11. The van der Waals surface area contributed by atoms with E-state index in [4.69, 9.17) is 9.47 Å². The van der Waals surface area contributed by atoms with E-state index in [0.29, 0.717) is 11.6 Å². The van der Waals surface area contributed by atoms with Gasteiger partial charge in [-0.15, -0.1) is 11.8 Å². The molecule has 0 spiro atoms. The molecule has 2 aromatic carbocycles. The number of benzene rings is 2. The summed E-state index contributed by atoms with van der Waals surface area (Å²) >= 11 is 1.54. The van der Waals surface area contributed by atoms with Crippen LogP contribution < -0.4 is 10.6 Å². The van der Waals surface area contributed by atoms with Crippen LogP contribution in [0.3, 0.4) is 0 Å². The second kappa shape index (κ2) is 10.8. The maximum atomic E-state index is 12.6. The van der Waals surface area contributed by atoms with E-state index in [2.05, 4.69) is 41.8 Å². The molecular weight excluding hydrogens is 436 g/mol. The van der Waals surface area contributed by atoms with Crippen molar-refractivity contribution in [1.29, 1.82) is 0 Å². The minimum absolute atomic E-state index is 0.0270. The van der Waals surface area contributed by atoms with E-state index in [-0.39, 0.29) is 12.5 Å². The number of carbonyl (C=O) groups excluding carboxylic acids is 2. The number of fused-ring (bicyclic) bond motifs is 3. The van der Waals surface area contributed by atoms with Gasteiger partial charge in [0.25, 0.3) is 0 Å². The molecule has 2 aliphatic rings. The summed E-state index contributed by atoms with van der Waals surface area (Å²) < 4.78 is 10.4. The number of alkyl carbamates (subject to hydrolysis) is 1. The number of ether oxygens (including phenoxy) is 2. The van der Waals surface area contributed by atoms with Crippen molar-refractivity contribution < 1.29 is 19.1 Å². The van der Waals surface area contributed by atoms with Gasteiger partial charge in [0.1, 0.15) is 12.6 Å². The van der Waals surface area contributed by atoms with Crippen molar-refractivity contribution in [3.63, 3.8) is 0 Å². The molecule has 1 saturated carbocycles. The number of methoxy groups -OCH3 is 1. The van der Waals surface area contributed by atoms with E-state index in [9.17, 15) is 9.59 Å². The van der Waals surface area contributed by atoms with Crippen LogP contribution in [0.4, 0.5) is 4.79 Å². The first kappa shape index (κ1) is 23.2. The first-order valence-corrected chi connectivity index (χ1v) is 12.4. The van der Waals surface area contributed by atoms with E-state index < -0.39 is 18.1 Å². The van der Waals surface area contributed by atoms with Crippen LogP contribution in [0.5, 0.6) is 0 Å². The van der Waals surface area contributed by atoms with Gasteiger partial charge in [-0.2, -0.15) is 0 Å². The van der Waals surface area contributed by atoms with Crippen LogP contribution in [0.25, 0.3) is 11.1 Å². The monoisotopic (exact) mass is 466 g/mol. The molecule has 2 aliphatic carbocycles. The number of carbonyl (C=O) groups is 2. The van der Waals surface area contributed by atoms with Crippen molar-refractivity contribution in [3.8, 4) is 11.1 Å². The predicted molar refractivity (Wildman–Crippen MR) is 131 cm³/mol. The number of esters is 1. The summed E-state index contributed by atoms with van der Waals surface area (Å²) in [5.41, 5.74) is 7.32. The highest BCUT2D eigenvalue weighted by atomic mass is 32.2. The minimum Gasteiger partial charge on any atom is -0.467 e. The van der Waals surface area contributed by atoms with Gasteiger partial charge in [0.2, 0.25) is 0 Å². The Morgan fingerprint density at radius 1 is 1.06 bits per heavy atom. The Morgan fingerprint density at radius 3 is 2.27 bits per heavy atom. The van der Waals surface area contributed by atoms with Crippen LogP contribution in [0, 0.1) is 0 Å². The number of allylic oxidation sites excluding steroid dienone is 2. The van der Waals surface area contributed by atoms with E-state index in [1.807, 2.05) is 24.3 Å². The molecule has 6 nitrogen and oxygen atoms in total. The van der Waals surface area contributed by atoms with Crippen LogP contribution in [0.2, 0.25) is 0 Å². The van der Waals surface area contributed by atoms with Gasteiger partial charge in [0.15, 0.2) is 0 Å². The molecule has 1 unspecified atom stereocenters. The largest absolute Gasteiger partial charge is 0.467 e. The first-order valence-electron chi connectivity index (χ1n) is 11.3. The van der Waals surface area contributed by atoms with Crippen molar-refractivity contribution in [2.45, 2.75) is 38.1 Å². The minimum atomic E-state index is -0.769. The Balaban J connectivity index is 1.31. The summed E-state index contributed by atoms with van der Waals surface area (Å²) in [6.07, 6.45) is 2.97. The average molecular weight is 467 g/mol. The molecular formula is C26H30N2O4S. The molecule has 4 rings (SSSR count). The molecule has 0 radical (unpaired) electrons. The van der Waals surface area contributed by atoms with E-state index in [1.165, 1.54) is 47.7 Å². The van der Waals surface area contributed by atoms with Gasteiger partial charge in [-0.3, -0.25) is 0 Å². The van der Waals surface area contributed by atoms with Crippen LogP contribution in [0.15, 0.2) is 59.8 Å². The molecule has 33 heavy (non-hydrogen) atoms. The molecule has 0 bridgehead atoms. The number of thioether (sulfide) groups is 1. The van der Waals surface area contributed by atoms with Gasteiger partial charge in [-0.05, 0) is 48.4 Å². The molecule has 1 atom stereocenters. The molecule has 2 aromatic rings. The Kier molecular flexibility index (Phi) is 7.60. The normalized spacial score (nSPS) is 15.0. The molecule has 7 heteroatoms. The fraction of sp³-hybridized carbons (Fsp3) is 0.385. The number of amides is 1. The van der Waals surface area contributed by atoms with Crippen molar-refractivity contribution in [3.05, 3.63) is 70.9 Å². The molecule has 1 amide bonds. The summed E-state index contributed by atoms with van der Waals surface area (Å²) in [6.45, 7) is 2.29. The standard InChI is InChI=1S/C26H30N2O4S/c1-17(18-8-7-9-18)27-16-33-15-24(25(29)31-2)28-26(30)32-14-23-21-12-5-3-10-19(21)20-11-4-6-13-22(20)23/h3-6,10-13,23-24,27H,7-9,14-16H2,1-2H3,(H,28,30). The molecule has 0 saturated heterocycles. The number of hydrogen-bond acceptors (Lipinski definition) is 6. The summed E-state index contributed by atoms with van der Waals surface area (Å²) in [4.78, 5) is 24.7. The van der Waals surface area contributed by atoms with Crippen molar-refractivity contribution in [1.82, 2.24) is 10.6 Å². The highest BCUT2D eigenvalue weighted by molar-refractivity contribution is 7.99. The fourth-order valence-electron chi connectivity index (χ4n) is 4.28. The van der Waals surface area contributed by atoms with Crippen LogP contribution in [-0.4, -0.2) is 43.5 Å². The molecule has 2 N–H and O–H groups in total. The Labute approximate surface area is 199 Å². The second-order valence-corrected chi connectivity index (χ2v) is 9.35. The Hall–Kier alpha value is -2.93. The highest BCUT2D eigenvalue weighted by Gasteiger charge is 2.30. The van der Waals surface area contributed by atoms with Gasteiger partial charge in [-0.1, -0.05) is 54.1 Å². The summed E-state index contributed by atoms with van der Waals surface area (Å²) in [5.74, 6) is 0.549. The maximum Gasteiger partial charge on any atom is 0.407 e. The van der Waals surface area contributed by atoms with Crippen LogP contribution >= 0.6 is 11.8 Å². The lowest BCUT2D eigenvalue weighted by atomic mass is 9.91. The molecule has 0 aliphatic heterocycles. The quantitative estimate of drug-likeness (QED) is 0.314. The molecule has 174 valence electrons. The number of nitrogens with one attached hydrogen (secondary N) is 2. The van der Waals surface area contributed by atoms with Gasteiger partial charge >= 0.3 is 12.1 Å². The zero-order chi connectivity index (χ0) is 23.2.